The van der Waals surface area contributed by atoms with Crippen molar-refractivity contribution >= 4 is 17.6 Å². The smallest absolute Gasteiger partial charge is 0.338 e. The molecule has 1 aliphatic rings. The lowest BCUT2D eigenvalue weighted by molar-refractivity contribution is -0.143. The number of aryl methyl sites for hydroxylation is 1. The van der Waals surface area contributed by atoms with Crippen molar-refractivity contribution < 1.29 is 14.6 Å². The Bertz CT molecular complexity index is 452. The molecule has 1 atom stereocenters. The second-order valence-electron chi connectivity index (χ2n) is 5.84. The zero-order valence-corrected chi connectivity index (χ0v) is 13.1. The minimum atomic E-state index is -0.825. The van der Waals surface area contributed by atoms with Gasteiger partial charge in [0.15, 0.2) is 5.60 Å². The number of epoxide rings is 1. The van der Waals surface area contributed by atoms with Crippen molar-refractivity contribution in [3.63, 3.8) is 0 Å². The number of aliphatic carboxylic acids is 1. The normalized spacial score (nSPS) is 20.4. The van der Waals surface area contributed by atoms with Gasteiger partial charge in [0.05, 0.1) is 6.61 Å². The lowest BCUT2D eigenvalue weighted by atomic mass is 10.0. The van der Waals surface area contributed by atoms with Gasteiger partial charge in [-0.05, 0) is 43.4 Å². The van der Waals surface area contributed by atoms with Crippen LogP contribution in [0.5, 0.6) is 0 Å². The Labute approximate surface area is 131 Å². The summed E-state index contributed by atoms with van der Waals surface area (Å²) < 4.78 is 5.05. The van der Waals surface area contributed by atoms with E-state index in [0.717, 1.165) is 24.3 Å². The number of benzene rings is 1. The molecule has 1 heterocycles. The first kappa shape index (κ1) is 16.3. The van der Waals surface area contributed by atoms with Crippen molar-refractivity contribution in [3.8, 4) is 0 Å². The second kappa shape index (κ2) is 7.81. The number of unbranched alkanes of at least 4 members (excludes halogenated alkanes) is 5. The van der Waals surface area contributed by atoms with Crippen LogP contribution in [0.2, 0.25) is 5.02 Å². The van der Waals surface area contributed by atoms with Gasteiger partial charge < -0.3 is 9.84 Å². The first-order valence-electron chi connectivity index (χ1n) is 7.74. The highest BCUT2D eigenvalue weighted by atomic mass is 35.5. The highest BCUT2D eigenvalue weighted by Crippen LogP contribution is 2.33. The Morgan fingerprint density at radius 2 is 1.67 bits per heavy atom. The Hall–Kier alpha value is -1.06. The molecule has 0 saturated carbocycles. The van der Waals surface area contributed by atoms with E-state index in [1.54, 1.807) is 0 Å². The van der Waals surface area contributed by atoms with Crippen LogP contribution in [0.4, 0.5) is 0 Å². The number of halogens is 1. The van der Waals surface area contributed by atoms with E-state index in [0.29, 0.717) is 13.0 Å². The third-order valence-corrected chi connectivity index (χ3v) is 4.34. The van der Waals surface area contributed by atoms with Gasteiger partial charge in [0, 0.05) is 5.02 Å². The van der Waals surface area contributed by atoms with E-state index in [9.17, 15) is 4.79 Å². The molecule has 1 aliphatic heterocycles. The van der Waals surface area contributed by atoms with Gasteiger partial charge in [-0.1, -0.05) is 49.4 Å². The molecule has 0 aromatic heterocycles. The minimum Gasteiger partial charge on any atom is -0.479 e. The summed E-state index contributed by atoms with van der Waals surface area (Å²) in [5, 5.41) is 9.76. The monoisotopic (exact) mass is 310 g/mol. The van der Waals surface area contributed by atoms with Crippen LogP contribution in [0.15, 0.2) is 24.3 Å². The van der Waals surface area contributed by atoms with Crippen LogP contribution in [0.3, 0.4) is 0 Å². The van der Waals surface area contributed by atoms with E-state index in [1.165, 1.54) is 31.2 Å². The molecule has 0 radical (unpaired) electrons. The molecule has 2 rings (SSSR count). The summed E-state index contributed by atoms with van der Waals surface area (Å²) >= 11 is 5.85. The predicted octanol–water partition coefficient (Wildman–Crippen LogP) is 4.47. The lowest BCUT2D eigenvalue weighted by Gasteiger charge is -2.06. The fourth-order valence-electron chi connectivity index (χ4n) is 2.56. The Balaban J connectivity index is 1.45. The molecule has 0 aliphatic carbocycles. The Morgan fingerprint density at radius 1 is 1.10 bits per heavy atom. The molecule has 1 aromatic rings. The highest BCUT2D eigenvalue weighted by Gasteiger charge is 2.51. The number of rotatable bonds is 10. The van der Waals surface area contributed by atoms with Gasteiger partial charge >= 0.3 is 5.97 Å². The third-order valence-electron chi connectivity index (χ3n) is 4.09. The molecule has 1 aromatic carbocycles. The molecule has 0 amide bonds. The molecule has 116 valence electrons. The van der Waals surface area contributed by atoms with E-state index in [2.05, 4.69) is 12.1 Å². The van der Waals surface area contributed by atoms with Gasteiger partial charge in [-0.3, -0.25) is 0 Å². The molecule has 1 saturated heterocycles. The molecule has 1 unspecified atom stereocenters. The van der Waals surface area contributed by atoms with Crippen LogP contribution in [0, 0.1) is 0 Å². The average molecular weight is 311 g/mol. The summed E-state index contributed by atoms with van der Waals surface area (Å²) in [7, 11) is 0. The van der Waals surface area contributed by atoms with Gasteiger partial charge in [0.25, 0.3) is 0 Å². The molecule has 1 fully saturated rings. The van der Waals surface area contributed by atoms with Gasteiger partial charge in [0.2, 0.25) is 0 Å². The van der Waals surface area contributed by atoms with Gasteiger partial charge in [-0.15, -0.1) is 0 Å². The predicted molar refractivity (Wildman–Crippen MR) is 83.8 cm³/mol. The molecule has 4 heteroatoms. The largest absolute Gasteiger partial charge is 0.479 e. The number of hydrogen-bond acceptors (Lipinski definition) is 2. The summed E-state index contributed by atoms with van der Waals surface area (Å²) in [4.78, 5) is 10.9. The molecule has 3 nitrogen and oxygen atoms in total. The maximum absolute atomic E-state index is 10.9. The number of carboxylic acid groups (broad SMARTS) is 1. The van der Waals surface area contributed by atoms with Crippen LogP contribution in [0.1, 0.15) is 50.5 Å². The SMILES string of the molecule is O=C(O)C1(CCCCCCCCc2ccc(Cl)cc2)CO1. The van der Waals surface area contributed by atoms with Gasteiger partial charge in [0.1, 0.15) is 0 Å². The fourth-order valence-corrected chi connectivity index (χ4v) is 2.69. The number of hydrogen-bond donors (Lipinski definition) is 1. The first-order valence-corrected chi connectivity index (χ1v) is 8.12. The van der Waals surface area contributed by atoms with Crippen molar-refractivity contribution in [1.82, 2.24) is 0 Å². The number of carbonyl (C=O) groups is 1. The summed E-state index contributed by atoms with van der Waals surface area (Å²) in [6, 6.07) is 8.05. The third kappa shape index (κ3) is 5.33. The van der Waals surface area contributed by atoms with Crippen LogP contribution in [-0.4, -0.2) is 23.3 Å². The average Bonchev–Trinajstić information content (AvgIpc) is 3.25. The lowest BCUT2D eigenvalue weighted by Crippen LogP contribution is -2.23. The zero-order chi connectivity index (χ0) is 15.1. The fraction of sp³-hybridized carbons (Fsp3) is 0.588. The van der Waals surface area contributed by atoms with Crippen LogP contribution < -0.4 is 0 Å². The summed E-state index contributed by atoms with van der Waals surface area (Å²) in [5.74, 6) is -0.800. The topological polar surface area (TPSA) is 49.8 Å². The van der Waals surface area contributed by atoms with Crippen molar-refractivity contribution in [3.05, 3.63) is 34.9 Å². The van der Waals surface area contributed by atoms with Crippen molar-refractivity contribution in [2.45, 2.75) is 57.0 Å². The Kier molecular flexibility index (Phi) is 6.07. The van der Waals surface area contributed by atoms with Crippen molar-refractivity contribution in [1.29, 1.82) is 0 Å². The molecular weight excluding hydrogens is 288 g/mol. The number of ether oxygens (including phenoxy) is 1. The summed E-state index contributed by atoms with van der Waals surface area (Å²) in [6.45, 7) is 0.392. The zero-order valence-electron chi connectivity index (χ0n) is 12.3. The highest BCUT2D eigenvalue weighted by molar-refractivity contribution is 6.30. The maximum Gasteiger partial charge on any atom is 0.338 e. The number of carboxylic acids is 1. The van der Waals surface area contributed by atoms with Gasteiger partial charge in [-0.25, -0.2) is 4.79 Å². The molecular formula is C17H23ClO3. The van der Waals surface area contributed by atoms with E-state index >= 15 is 0 Å². The van der Waals surface area contributed by atoms with E-state index in [1.807, 2.05) is 12.1 Å². The molecule has 21 heavy (non-hydrogen) atoms. The van der Waals surface area contributed by atoms with Crippen LogP contribution in [0.25, 0.3) is 0 Å². The van der Waals surface area contributed by atoms with Crippen molar-refractivity contribution in [2.75, 3.05) is 6.61 Å². The van der Waals surface area contributed by atoms with Crippen LogP contribution in [-0.2, 0) is 16.0 Å². The second-order valence-corrected chi connectivity index (χ2v) is 6.27. The standard InChI is InChI=1S/C17H23ClO3/c18-15-10-8-14(9-11-15)7-5-3-1-2-4-6-12-17(13-21-17)16(19)20/h8-11H,1-7,12-13H2,(H,19,20). The van der Waals surface area contributed by atoms with E-state index in [4.69, 9.17) is 21.4 Å². The van der Waals surface area contributed by atoms with Crippen molar-refractivity contribution in [2.24, 2.45) is 0 Å². The molecule has 0 bridgehead atoms. The van der Waals surface area contributed by atoms with Crippen LogP contribution >= 0.6 is 11.6 Å². The molecule has 1 N–H and O–H groups in total. The first-order chi connectivity index (χ1) is 10.1. The molecule has 0 spiro atoms. The maximum atomic E-state index is 10.9. The van der Waals surface area contributed by atoms with E-state index in [-0.39, 0.29) is 0 Å². The Morgan fingerprint density at radius 3 is 2.24 bits per heavy atom. The van der Waals surface area contributed by atoms with E-state index < -0.39 is 11.6 Å². The minimum absolute atomic E-state index is 0.392. The quantitative estimate of drug-likeness (QED) is 0.512. The van der Waals surface area contributed by atoms with Gasteiger partial charge in [-0.2, -0.15) is 0 Å². The summed E-state index contributed by atoms with van der Waals surface area (Å²) in [5.41, 5.74) is 0.517. The summed E-state index contributed by atoms with van der Waals surface area (Å²) in [6.07, 6.45) is 8.63.